The van der Waals surface area contributed by atoms with Crippen LogP contribution in [0.25, 0.3) is 0 Å². The lowest BCUT2D eigenvalue weighted by Gasteiger charge is -2.17. The molecule has 1 aromatic carbocycles. The first-order chi connectivity index (χ1) is 12.8. The summed E-state index contributed by atoms with van der Waals surface area (Å²) in [5.41, 5.74) is -1.98. The van der Waals surface area contributed by atoms with Crippen LogP contribution in [0.15, 0.2) is 34.0 Å². The monoisotopic (exact) mass is 403 g/mol. The quantitative estimate of drug-likeness (QED) is 0.553. The van der Waals surface area contributed by atoms with E-state index in [0.29, 0.717) is 10.8 Å². The van der Waals surface area contributed by atoms with E-state index in [-0.39, 0.29) is 23.7 Å². The number of aliphatic hydroxyl groups is 2. The van der Waals surface area contributed by atoms with Gasteiger partial charge in [0.15, 0.2) is 6.23 Å². The van der Waals surface area contributed by atoms with E-state index in [9.17, 15) is 28.6 Å². The van der Waals surface area contributed by atoms with Crippen LogP contribution in [0.1, 0.15) is 11.8 Å². The van der Waals surface area contributed by atoms with Crippen molar-refractivity contribution in [2.75, 3.05) is 6.54 Å². The summed E-state index contributed by atoms with van der Waals surface area (Å²) in [5.74, 6) is -1.74. The molecule has 0 radical (unpaired) electrons. The van der Waals surface area contributed by atoms with E-state index in [0.717, 1.165) is 0 Å². The van der Waals surface area contributed by atoms with Crippen molar-refractivity contribution in [3.8, 4) is 0 Å². The van der Waals surface area contributed by atoms with Gasteiger partial charge in [-0.1, -0.05) is 17.7 Å². The SMILES string of the molecule is O=c1[nH]c(=O)n([C@@H]2O[C@H](CNCc3c(F)cccc3Cl)[C@@H](O)[C@H]2O)cc1F. The topological polar surface area (TPSA) is 117 Å². The second kappa shape index (κ2) is 7.87. The van der Waals surface area contributed by atoms with Crippen LogP contribution in [0.3, 0.4) is 0 Å². The molecule has 4 N–H and O–H groups in total. The average molecular weight is 404 g/mol. The largest absolute Gasteiger partial charge is 0.387 e. The fourth-order valence-electron chi connectivity index (χ4n) is 2.82. The number of nitrogens with one attached hydrogen (secondary N) is 2. The number of H-pyrrole nitrogens is 1. The Hall–Kier alpha value is -2.11. The van der Waals surface area contributed by atoms with Crippen LogP contribution in [-0.2, 0) is 11.3 Å². The van der Waals surface area contributed by atoms with E-state index in [4.69, 9.17) is 16.3 Å². The molecule has 0 aliphatic carbocycles. The van der Waals surface area contributed by atoms with E-state index in [2.05, 4.69) is 5.32 Å². The predicted octanol–water partition coefficient (Wildman–Crippen LogP) is -0.123. The minimum absolute atomic E-state index is 0.0139. The van der Waals surface area contributed by atoms with Crippen molar-refractivity contribution in [3.05, 3.63) is 67.5 Å². The highest BCUT2D eigenvalue weighted by Gasteiger charge is 2.44. The zero-order valence-electron chi connectivity index (χ0n) is 13.7. The second-order valence-corrected chi connectivity index (χ2v) is 6.43. The Morgan fingerprint density at radius 2 is 1.96 bits per heavy atom. The van der Waals surface area contributed by atoms with E-state index < -0.39 is 47.4 Å². The van der Waals surface area contributed by atoms with Gasteiger partial charge in [0.1, 0.15) is 24.1 Å². The van der Waals surface area contributed by atoms with Crippen LogP contribution in [-0.4, -0.2) is 44.6 Å². The highest BCUT2D eigenvalue weighted by atomic mass is 35.5. The van der Waals surface area contributed by atoms with E-state index >= 15 is 0 Å². The van der Waals surface area contributed by atoms with Crippen LogP contribution in [0, 0.1) is 11.6 Å². The number of hydrogen-bond acceptors (Lipinski definition) is 6. The number of benzene rings is 1. The molecule has 1 saturated heterocycles. The summed E-state index contributed by atoms with van der Waals surface area (Å²) in [7, 11) is 0. The first-order valence-electron chi connectivity index (χ1n) is 7.95. The standard InChI is InChI=1S/C16H16ClF2N3O5/c17-8-2-1-3-9(18)7(8)4-20-5-11-12(23)13(24)15(27-11)22-6-10(19)14(25)21-16(22)26/h1-3,6,11-13,15,20,23-24H,4-5H2,(H,21,25,26)/t11-,12-,13-,15-/m1/s1. The molecule has 11 heteroatoms. The van der Waals surface area contributed by atoms with E-state index in [1.807, 2.05) is 0 Å². The third kappa shape index (κ3) is 3.94. The minimum atomic E-state index is -1.54. The van der Waals surface area contributed by atoms with Gasteiger partial charge < -0.3 is 20.3 Å². The molecule has 2 heterocycles. The maximum Gasteiger partial charge on any atom is 0.330 e. The average Bonchev–Trinajstić information content (AvgIpc) is 2.89. The Kier molecular flexibility index (Phi) is 5.72. The molecule has 146 valence electrons. The van der Waals surface area contributed by atoms with E-state index in [1.54, 1.807) is 4.98 Å². The fourth-order valence-corrected chi connectivity index (χ4v) is 3.05. The zero-order chi connectivity index (χ0) is 19.7. The minimum Gasteiger partial charge on any atom is -0.387 e. The zero-order valence-corrected chi connectivity index (χ0v) is 14.5. The predicted molar refractivity (Wildman–Crippen MR) is 90.3 cm³/mol. The van der Waals surface area contributed by atoms with Crippen molar-refractivity contribution in [1.29, 1.82) is 0 Å². The molecule has 0 spiro atoms. The van der Waals surface area contributed by atoms with Crippen LogP contribution < -0.4 is 16.6 Å². The molecule has 1 aromatic heterocycles. The Morgan fingerprint density at radius 3 is 2.67 bits per heavy atom. The van der Waals surface area contributed by atoms with Crippen molar-refractivity contribution in [2.45, 2.75) is 31.1 Å². The van der Waals surface area contributed by atoms with Crippen molar-refractivity contribution in [1.82, 2.24) is 14.9 Å². The van der Waals surface area contributed by atoms with Gasteiger partial charge in [-0.25, -0.2) is 9.18 Å². The van der Waals surface area contributed by atoms with Crippen LogP contribution in [0.2, 0.25) is 5.02 Å². The van der Waals surface area contributed by atoms with Gasteiger partial charge in [0.05, 0.1) is 6.20 Å². The molecule has 1 fully saturated rings. The number of rotatable bonds is 5. The van der Waals surface area contributed by atoms with Gasteiger partial charge in [-0.2, -0.15) is 4.39 Å². The molecule has 0 bridgehead atoms. The van der Waals surface area contributed by atoms with Crippen molar-refractivity contribution >= 4 is 11.6 Å². The third-order valence-corrected chi connectivity index (χ3v) is 4.60. The molecular formula is C16H16ClF2N3O5. The van der Waals surface area contributed by atoms with Crippen LogP contribution >= 0.6 is 11.6 Å². The molecule has 27 heavy (non-hydrogen) atoms. The third-order valence-electron chi connectivity index (χ3n) is 4.24. The lowest BCUT2D eigenvalue weighted by molar-refractivity contribution is -0.0397. The Morgan fingerprint density at radius 1 is 1.22 bits per heavy atom. The summed E-state index contributed by atoms with van der Waals surface area (Å²) in [6, 6.07) is 4.24. The maximum absolute atomic E-state index is 13.7. The number of aromatic amines is 1. The molecule has 8 nitrogen and oxygen atoms in total. The smallest absolute Gasteiger partial charge is 0.330 e. The Bertz CT molecular complexity index is 930. The Labute approximate surface area is 156 Å². The number of ether oxygens (including phenoxy) is 1. The molecule has 0 amide bonds. The lowest BCUT2D eigenvalue weighted by Crippen LogP contribution is -2.39. The van der Waals surface area contributed by atoms with Gasteiger partial charge in [0, 0.05) is 23.7 Å². The summed E-state index contributed by atoms with van der Waals surface area (Å²) in [6.45, 7) is 0.0199. The number of halogens is 3. The first-order valence-corrected chi connectivity index (χ1v) is 8.33. The second-order valence-electron chi connectivity index (χ2n) is 6.02. The summed E-state index contributed by atoms with van der Waals surface area (Å²) in [4.78, 5) is 24.7. The molecule has 0 unspecified atom stereocenters. The molecule has 0 saturated carbocycles. The summed E-state index contributed by atoms with van der Waals surface area (Å²) in [5, 5.41) is 23.3. The molecular weight excluding hydrogens is 388 g/mol. The fraction of sp³-hybridized carbons (Fsp3) is 0.375. The number of aliphatic hydroxyl groups excluding tert-OH is 2. The van der Waals surface area contributed by atoms with Crippen molar-refractivity contribution < 1.29 is 23.7 Å². The van der Waals surface area contributed by atoms with Crippen LogP contribution in [0.4, 0.5) is 8.78 Å². The normalized spacial score (nSPS) is 25.1. The van der Waals surface area contributed by atoms with Gasteiger partial charge in [-0.15, -0.1) is 0 Å². The van der Waals surface area contributed by atoms with Gasteiger partial charge in [0.2, 0.25) is 5.82 Å². The van der Waals surface area contributed by atoms with Crippen LogP contribution in [0.5, 0.6) is 0 Å². The summed E-state index contributed by atoms with van der Waals surface area (Å²) in [6.07, 6.45) is -4.73. The summed E-state index contributed by atoms with van der Waals surface area (Å²) < 4.78 is 33.3. The van der Waals surface area contributed by atoms with Gasteiger partial charge in [0.25, 0.3) is 5.56 Å². The summed E-state index contributed by atoms with van der Waals surface area (Å²) >= 11 is 5.92. The van der Waals surface area contributed by atoms with Gasteiger partial charge in [-0.05, 0) is 12.1 Å². The van der Waals surface area contributed by atoms with Gasteiger partial charge >= 0.3 is 5.69 Å². The molecule has 1 aliphatic rings. The molecule has 4 atom stereocenters. The lowest BCUT2D eigenvalue weighted by atomic mass is 10.1. The maximum atomic E-state index is 13.7. The number of aromatic nitrogens is 2. The molecule has 1 aliphatic heterocycles. The van der Waals surface area contributed by atoms with Crippen molar-refractivity contribution in [3.63, 3.8) is 0 Å². The number of nitrogens with zero attached hydrogens (tertiary/aromatic N) is 1. The van der Waals surface area contributed by atoms with E-state index in [1.165, 1.54) is 18.2 Å². The van der Waals surface area contributed by atoms with Crippen molar-refractivity contribution in [2.24, 2.45) is 0 Å². The molecule has 2 aromatic rings. The first kappa shape index (κ1) is 19.6. The Balaban J connectivity index is 1.69. The number of hydrogen-bond donors (Lipinski definition) is 4. The highest BCUT2D eigenvalue weighted by molar-refractivity contribution is 6.31. The van der Waals surface area contributed by atoms with Gasteiger partial charge in [-0.3, -0.25) is 14.3 Å². The molecule has 3 rings (SSSR count). The highest BCUT2D eigenvalue weighted by Crippen LogP contribution is 2.28.